The van der Waals surface area contributed by atoms with Crippen LogP contribution in [0.5, 0.6) is 5.75 Å². The SMILES string of the molecule is Cc1cc(C)cc(COC(=O)COc2ccccc2N)c1. The lowest BCUT2D eigenvalue weighted by Gasteiger charge is -2.09. The Balaban J connectivity index is 1.84. The van der Waals surface area contributed by atoms with Gasteiger partial charge in [-0.1, -0.05) is 41.5 Å². The second kappa shape index (κ2) is 6.79. The fourth-order valence-electron chi connectivity index (χ4n) is 2.11. The standard InChI is InChI=1S/C17H19NO3/c1-12-7-13(2)9-14(8-12)10-21-17(19)11-20-16-6-4-3-5-15(16)18/h3-9H,10-11,18H2,1-2H3. The highest BCUT2D eigenvalue weighted by molar-refractivity contribution is 5.71. The lowest BCUT2D eigenvalue weighted by Crippen LogP contribution is -2.15. The molecule has 0 aliphatic rings. The zero-order valence-electron chi connectivity index (χ0n) is 12.3. The molecule has 2 N–H and O–H groups in total. The van der Waals surface area contributed by atoms with Gasteiger partial charge in [0.05, 0.1) is 5.69 Å². The van der Waals surface area contributed by atoms with Crippen LogP contribution in [0.3, 0.4) is 0 Å². The maximum Gasteiger partial charge on any atom is 0.344 e. The highest BCUT2D eigenvalue weighted by atomic mass is 16.6. The molecular formula is C17H19NO3. The molecule has 110 valence electrons. The Kier molecular flexibility index (Phi) is 4.82. The topological polar surface area (TPSA) is 61.5 Å². The Bertz CT molecular complexity index is 617. The van der Waals surface area contributed by atoms with Gasteiger partial charge in [-0.15, -0.1) is 0 Å². The van der Waals surface area contributed by atoms with E-state index in [1.165, 1.54) is 0 Å². The van der Waals surface area contributed by atoms with Crippen LogP contribution in [0.2, 0.25) is 0 Å². The van der Waals surface area contributed by atoms with Crippen molar-refractivity contribution >= 4 is 11.7 Å². The number of ether oxygens (including phenoxy) is 2. The van der Waals surface area contributed by atoms with E-state index < -0.39 is 5.97 Å². The third-order valence-corrected chi connectivity index (χ3v) is 2.95. The first-order chi connectivity index (χ1) is 10.0. The Morgan fingerprint density at radius 2 is 1.76 bits per heavy atom. The fourth-order valence-corrected chi connectivity index (χ4v) is 2.11. The molecule has 2 aromatic carbocycles. The van der Waals surface area contributed by atoms with Crippen molar-refractivity contribution in [2.45, 2.75) is 20.5 Å². The molecule has 0 heterocycles. The Morgan fingerprint density at radius 1 is 1.10 bits per heavy atom. The normalized spacial score (nSPS) is 10.2. The molecule has 0 aliphatic carbocycles. The molecule has 0 saturated carbocycles. The molecule has 0 radical (unpaired) electrons. The van der Waals surface area contributed by atoms with Crippen LogP contribution in [0.25, 0.3) is 0 Å². The summed E-state index contributed by atoms with van der Waals surface area (Å²) in [7, 11) is 0. The molecule has 0 aliphatic heterocycles. The third kappa shape index (κ3) is 4.53. The monoisotopic (exact) mass is 285 g/mol. The molecule has 0 unspecified atom stereocenters. The number of carbonyl (C=O) groups excluding carboxylic acids is 1. The summed E-state index contributed by atoms with van der Waals surface area (Å²) in [4.78, 5) is 11.7. The summed E-state index contributed by atoms with van der Waals surface area (Å²) in [6.45, 7) is 4.12. The summed E-state index contributed by atoms with van der Waals surface area (Å²) in [5.74, 6) is 0.0678. The number of hydrogen-bond donors (Lipinski definition) is 1. The highest BCUT2D eigenvalue weighted by Gasteiger charge is 2.07. The van der Waals surface area contributed by atoms with E-state index in [1.807, 2.05) is 26.0 Å². The third-order valence-electron chi connectivity index (χ3n) is 2.95. The first kappa shape index (κ1) is 14.9. The molecule has 0 bridgehead atoms. The van der Waals surface area contributed by atoms with E-state index in [1.54, 1.807) is 24.3 Å². The van der Waals surface area contributed by atoms with Gasteiger partial charge in [0.2, 0.25) is 0 Å². The summed E-state index contributed by atoms with van der Waals surface area (Å²) < 4.78 is 10.5. The zero-order valence-corrected chi connectivity index (χ0v) is 12.3. The fraction of sp³-hybridized carbons (Fsp3) is 0.235. The predicted molar refractivity (Wildman–Crippen MR) is 82.1 cm³/mol. The van der Waals surface area contributed by atoms with E-state index in [0.717, 1.165) is 16.7 Å². The van der Waals surface area contributed by atoms with E-state index in [0.29, 0.717) is 11.4 Å². The van der Waals surface area contributed by atoms with Crippen molar-refractivity contribution in [2.75, 3.05) is 12.3 Å². The van der Waals surface area contributed by atoms with Crippen molar-refractivity contribution in [2.24, 2.45) is 0 Å². The summed E-state index contributed by atoms with van der Waals surface area (Å²) in [5.41, 5.74) is 9.49. The smallest absolute Gasteiger partial charge is 0.344 e. The van der Waals surface area contributed by atoms with Crippen molar-refractivity contribution < 1.29 is 14.3 Å². The number of rotatable bonds is 5. The molecule has 0 amide bonds. The van der Waals surface area contributed by atoms with Crippen LogP contribution in [0.15, 0.2) is 42.5 Å². The first-order valence-corrected chi connectivity index (χ1v) is 6.74. The van der Waals surface area contributed by atoms with Gasteiger partial charge in [0.15, 0.2) is 6.61 Å². The summed E-state index contributed by atoms with van der Waals surface area (Å²) in [6.07, 6.45) is 0. The van der Waals surface area contributed by atoms with Crippen molar-refractivity contribution in [3.63, 3.8) is 0 Å². The molecule has 0 fully saturated rings. The van der Waals surface area contributed by atoms with Crippen LogP contribution in [0.4, 0.5) is 5.69 Å². The number of anilines is 1. The van der Waals surface area contributed by atoms with E-state index >= 15 is 0 Å². The number of esters is 1. The van der Waals surface area contributed by atoms with Crippen molar-refractivity contribution in [1.29, 1.82) is 0 Å². The van der Waals surface area contributed by atoms with Gasteiger partial charge < -0.3 is 15.2 Å². The Hall–Kier alpha value is -2.49. The van der Waals surface area contributed by atoms with Crippen LogP contribution in [0.1, 0.15) is 16.7 Å². The van der Waals surface area contributed by atoms with Crippen LogP contribution in [-0.4, -0.2) is 12.6 Å². The molecule has 0 saturated heterocycles. The maximum absolute atomic E-state index is 11.7. The minimum Gasteiger partial charge on any atom is -0.480 e. The Labute approximate surface area is 124 Å². The highest BCUT2D eigenvalue weighted by Crippen LogP contribution is 2.19. The van der Waals surface area contributed by atoms with Gasteiger partial charge in [-0.25, -0.2) is 4.79 Å². The van der Waals surface area contributed by atoms with Gasteiger partial charge >= 0.3 is 5.97 Å². The summed E-state index contributed by atoms with van der Waals surface area (Å²) in [5, 5.41) is 0. The van der Waals surface area contributed by atoms with Gasteiger partial charge in [-0.05, 0) is 31.5 Å². The average Bonchev–Trinajstić information content (AvgIpc) is 2.43. The van der Waals surface area contributed by atoms with E-state index in [-0.39, 0.29) is 13.2 Å². The first-order valence-electron chi connectivity index (χ1n) is 6.74. The minimum atomic E-state index is -0.419. The van der Waals surface area contributed by atoms with E-state index in [4.69, 9.17) is 15.2 Å². The molecular weight excluding hydrogens is 266 g/mol. The summed E-state index contributed by atoms with van der Waals surface area (Å²) >= 11 is 0. The molecule has 2 aromatic rings. The maximum atomic E-state index is 11.7. The lowest BCUT2D eigenvalue weighted by molar-refractivity contribution is -0.147. The van der Waals surface area contributed by atoms with E-state index in [2.05, 4.69) is 6.07 Å². The number of para-hydroxylation sites is 2. The van der Waals surface area contributed by atoms with Gasteiger partial charge in [0, 0.05) is 0 Å². The number of nitrogen functional groups attached to an aromatic ring is 1. The van der Waals surface area contributed by atoms with Gasteiger partial charge in [0.1, 0.15) is 12.4 Å². The number of carbonyl (C=O) groups is 1. The quantitative estimate of drug-likeness (QED) is 0.677. The predicted octanol–water partition coefficient (Wildman–Crippen LogP) is 3.01. The molecule has 4 nitrogen and oxygen atoms in total. The van der Waals surface area contributed by atoms with Crippen LogP contribution in [0, 0.1) is 13.8 Å². The van der Waals surface area contributed by atoms with Crippen molar-refractivity contribution in [3.05, 3.63) is 59.2 Å². The average molecular weight is 285 g/mol. The van der Waals surface area contributed by atoms with Crippen molar-refractivity contribution in [1.82, 2.24) is 0 Å². The van der Waals surface area contributed by atoms with Crippen LogP contribution >= 0.6 is 0 Å². The van der Waals surface area contributed by atoms with Crippen LogP contribution in [-0.2, 0) is 16.1 Å². The molecule has 2 rings (SSSR count). The number of hydrogen-bond acceptors (Lipinski definition) is 4. The molecule has 0 spiro atoms. The van der Waals surface area contributed by atoms with Gasteiger partial charge in [-0.2, -0.15) is 0 Å². The Morgan fingerprint density at radius 3 is 2.43 bits per heavy atom. The molecule has 4 heteroatoms. The molecule has 21 heavy (non-hydrogen) atoms. The van der Waals surface area contributed by atoms with E-state index in [9.17, 15) is 4.79 Å². The lowest BCUT2D eigenvalue weighted by atomic mass is 10.1. The summed E-state index contributed by atoms with van der Waals surface area (Å²) in [6, 6.07) is 13.1. The zero-order chi connectivity index (χ0) is 15.2. The molecule has 0 aromatic heterocycles. The minimum absolute atomic E-state index is 0.154. The molecule has 0 atom stereocenters. The second-order valence-corrected chi connectivity index (χ2v) is 4.98. The second-order valence-electron chi connectivity index (χ2n) is 4.98. The van der Waals surface area contributed by atoms with Gasteiger partial charge in [0.25, 0.3) is 0 Å². The van der Waals surface area contributed by atoms with Crippen molar-refractivity contribution in [3.8, 4) is 5.75 Å². The number of benzene rings is 2. The largest absolute Gasteiger partial charge is 0.480 e. The van der Waals surface area contributed by atoms with Crippen LogP contribution < -0.4 is 10.5 Å². The number of aryl methyl sites for hydroxylation is 2. The number of nitrogens with two attached hydrogens (primary N) is 1. The van der Waals surface area contributed by atoms with Gasteiger partial charge in [-0.3, -0.25) is 0 Å².